The van der Waals surface area contributed by atoms with Crippen LogP contribution in [0.1, 0.15) is 13.3 Å². The van der Waals surface area contributed by atoms with Crippen LogP contribution < -0.4 is 5.32 Å². The van der Waals surface area contributed by atoms with Crippen molar-refractivity contribution in [2.45, 2.75) is 24.5 Å². The molecule has 0 bridgehead atoms. The van der Waals surface area contributed by atoms with Crippen LogP contribution in [0.15, 0.2) is 23.4 Å². The van der Waals surface area contributed by atoms with Gasteiger partial charge in [0, 0.05) is 18.5 Å². The molecule has 90 valence electrons. The van der Waals surface area contributed by atoms with Gasteiger partial charge in [-0.1, -0.05) is 18.5 Å². The lowest BCUT2D eigenvalue weighted by Crippen LogP contribution is -2.28. The van der Waals surface area contributed by atoms with E-state index in [0.29, 0.717) is 17.3 Å². The first-order valence-electron chi connectivity index (χ1n) is 5.36. The van der Waals surface area contributed by atoms with Crippen molar-refractivity contribution in [1.29, 1.82) is 0 Å². The molecule has 1 rings (SSSR count). The summed E-state index contributed by atoms with van der Waals surface area (Å²) in [5, 5.41) is 14.3. The number of hydrogen-bond acceptors (Lipinski definition) is 4. The first kappa shape index (κ1) is 13.8. The Labute approximate surface area is 106 Å². The minimum Gasteiger partial charge on any atom is -0.391 e. The number of pyridine rings is 1. The van der Waals surface area contributed by atoms with E-state index in [2.05, 4.69) is 17.2 Å². The highest BCUT2D eigenvalue weighted by molar-refractivity contribution is 7.99. The predicted octanol–water partition coefficient (Wildman–Crippen LogP) is 2.19. The third-order valence-corrected chi connectivity index (χ3v) is 3.51. The number of rotatable bonds is 7. The Kier molecular flexibility index (Phi) is 6.80. The van der Waals surface area contributed by atoms with Crippen molar-refractivity contribution < 1.29 is 5.11 Å². The van der Waals surface area contributed by atoms with Gasteiger partial charge in [0.1, 0.15) is 5.03 Å². The first-order valence-corrected chi connectivity index (χ1v) is 6.72. The van der Waals surface area contributed by atoms with Gasteiger partial charge < -0.3 is 10.4 Å². The normalized spacial score (nSPS) is 12.7. The van der Waals surface area contributed by atoms with Crippen LogP contribution in [0, 0.1) is 0 Å². The Hall–Kier alpha value is -0.290. The number of aromatic nitrogens is 1. The van der Waals surface area contributed by atoms with E-state index in [0.717, 1.165) is 18.0 Å². The van der Waals surface area contributed by atoms with E-state index in [4.69, 9.17) is 11.6 Å². The number of hydrogen-bond donors (Lipinski definition) is 2. The van der Waals surface area contributed by atoms with Crippen molar-refractivity contribution >= 4 is 23.4 Å². The zero-order chi connectivity index (χ0) is 11.8. The maximum atomic E-state index is 9.67. The summed E-state index contributed by atoms with van der Waals surface area (Å²) in [6.45, 7) is 3.65. The van der Waals surface area contributed by atoms with Gasteiger partial charge in [-0.25, -0.2) is 4.98 Å². The standard InChI is InChI=1S/C11H17ClN2OS/c1-2-5-13-7-9(15)8-16-11-10(12)4-3-6-14-11/h3-4,6,9,13,15H,2,5,7-8H2,1H3. The minimum absolute atomic E-state index is 0.366. The van der Waals surface area contributed by atoms with Gasteiger partial charge in [0.2, 0.25) is 0 Å². The molecule has 0 aliphatic heterocycles. The Morgan fingerprint density at radius 1 is 1.62 bits per heavy atom. The van der Waals surface area contributed by atoms with Gasteiger partial charge in [0.05, 0.1) is 11.1 Å². The molecule has 0 radical (unpaired) electrons. The largest absolute Gasteiger partial charge is 0.391 e. The molecule has 0 fully saturated rings. The number of nitrogens with zero attached hydrogens (tertiary/aromatic N) is 1. The van der Waals surface area contributed by atoms with Gasteiger partial charge in [0.15, 0.2) is 0 Å². The first-order chi connectivity index (χ1) is 7.74. The van der Waals surface area contributed by atoms with E-state index in [1.165, 1.54) is 11.8 Å². The second-order valence-corrected chi connectivity index (χ2v) is 4.88. The predicted molar refractivity (Wildman–Crippen MR) is 69.1 cm³/mol. The molecule has 1 aromatic heterocycles. The lowest BCUT2D eigenvalue weighted by atomic mass is 10.4. The smallest absolute Gasteiger partial charge is 0.115 e. The second-order valence-electron chi connectivity index (χ2n) is 3.46. The molecule has 0 aromatic carbocycles. The zero-order valence-electron chi connectivity index (χ0n) is 9.32. The molecule has 0 amide bonds. The van der Waals surface area contributed by atoms with Gasteiger partial charge in [-0.3, -0.25) is 0 Å². The summed E-state index contributed by atoms with van der Waals surface area (Å²) < 4.78 is 0. The molecule has 1 aromatic rings. The minimum atomic E-state index is -0.366. The van der Waals surface area contributed by atoms with Gasteiger partial charge in [-0.15, -0.1) is 11.8 Å². The third-order valence-electron chi connectivity index (χ3n) is 1.94. The molecule has 1 heterocycles. The van der Waals surface area contributed by atoms with Crippen LogP contribution in [-0.2, 0) is 0 Å². The Balaban J connectivity index is 2.26. The molecule has 5 heteroatoms. The summed E-state index contributed by atoms with van der Waals surface area (Å²) in [6.07, 6.45) is 2.41. The van der Waals surface area contributed by atoms with Crippen LogP contribution in [0.3, 0.4) is 0 Å². The maximum absolute atomic E-state index is 9.67. The molecule has 0 aliphatic rings. The SMILES string of the molecule is CCCNCC(O)CSc1ncccc1Cl. The topological polar surface area (TPSA) is 45.1 Å². The summed E-state index contributed by atoms with van der Waals surface area (Å²) in [5.74, 6) is 0.605. The molecular formula is C11H17ClN2OS. The second kappa shape index (κ2) is 7.90. The molecule has 3 nitrogen and oxygen atoms in total. The van der Waals surface area contributed by atoms with Gasteiger partial charge >= 0.3 is 0 Å². The molecule has 16 heavy (non-hydrogen) atoms. The molecule has 1 unspecified atom stereocenters. The molecule has 0 saturated carbocycles. The average Bonchev–Trinajstić information content (AvgIpc) is 2.28. The highest BCUT2D eigenvalue weighted by atomic mass is 35.5. The summed E-state index contributed by atoms with van der Waals surface area (Å²) in [4.78, 5) is 4.15. The van der Waals surface area contributed by atoms with Crippen LogP contribution in [-0.4, -0.2) is 35.0 Å². The van der Waals surface area contributed by atoms with Gasteiger partial charge in [-0.05, 0) is 25.1 Å². The lowest BCUT2D eigenvalue weighted by Gasteiger charge is -2.10. The Morgan fingerprint density at radius 3 is 3.12 bits per heavy atom. The number of thioether (sulfide) groups is 1. The molecule has 2 N–H and O–H groups in total. The van der Waals surface area contributed by atoms with Crippen molar-refractivity contribution in [3.05, 3.63) is 23.4 Å². The summed E-state index contributed by atoms with van der Waals surface area (Å²) in [6, 6.07) is 3.60. The van der Waals surface area contributed by atoms with Crippen LogP contribution in [0.25, 0.3) is 0 Å². The molecular weight excluding hydrogens is 244 g/mol. The summed E-state index contributed by atoms with van der Waals surface area (Å²) in [5.41, 5.74) is 0. The quantitative estimate of drug-likeness (QED) is 0.583. The van der Waals surface area contributed by atoms with E-state index in [9.17, 15) is 5.11 Å². The van der Waals surface area contributed by atoms with E-state index < -0.39 is 0 Å². The summed E-state index contributed by atoms with van der Waals surface area (Å²) >= 11 is 7.43. The maximum Gasteiger partial charge on any atom is 0.115 e. The van der Waals surface area contributed by atoms with Crippen LogP contribution >= 0.6 is 23.4 Å². The molecule has 0 aliphatic carbocycles. The van der Waals surface area contributed by atoms with Crippen LogP contribution in [0.5, 0.6) is 0 Å². The number of halogens is 1. The molecule has 1 atom stereocenters. The Morgan fingerprint density at radius 2 is 2.44 bits per heavy atom. The summed E-state index contributed by atoms with van der Waals surface area (Å²) in [7, 11) is 0. The fourth-order valence-corrected chi connectivity index (χ4v) is 2.25. The van der Waals surface area contributed by atoms with Crippen molar-refractivity contribution in [3.8, 4) is 0 Å². The average molecular weight is 261 g/mol. The molecule has 0 saturated heterocycles. The van der Waals surface area contributed by atoms with Crippen molar-refractivity contribution in [1.82, 2.24) is 10.3 Å². The van der Waals surface area contributed by atoms with Crippen LogP contribution in [0.2, 0.25) is 5.02 Å². The van der Waals surface area contributed by atoms with E-state index in [1.807, 2.05) is 0 Å². The lowest BCUT2D eigenvalue weighted by molar-refractivity contribution is 0.196. The van der Waals surface area contributed by atoms with E-state index in [1.54, 1.807) is 18.3 Å². The Bertz CT molecular complexity index is 312. The van der Waals surface area contributed by atoms with Crippen LogP contribution in [0.4, 0.5) is 0 Å². The zero-order valence-corrected chi connectivity index (χ0v) is 10.9. The van der Waals surface area contributed by atoms with Crippen molar-refractivity contribution in [2.24, 2.45) is 0 Å². The van der Waals surface area contributed by atoms with Crippen molar-refractivity contribution in [3.63, 3.8) is 0 Å². The fourth-order valence-electron chi connectivity index (χ4n) is 1.16. The third kappa shape index (κ3) is 5.16. The number of aliphatic hydroxyl groups excluding tert-OH is 1. The van der Waals surface area contributed by atoms with Gasteiger partial charge in [-0.2, -0.15) is 0 Å². The monoisotopic (exact) mass is 260 g/mol. The highest BCUT2D eigenvalue weighted by Gasteiger charge is 2.07. The van der Waals surface area contributed by atoms with E-state index >= 15 is 0 Å². The number of aliphatic hydroxyl groups is 1. The highest BCUT2D eigenvalue weighted by Crippen LogP contribution is 2.24. The fraction of sp³-hybridized carbons (Fsp3) is 0.545. The van der Waals surface area contributed by atoms with Gasteiger partial charge in [0.25, 0.3) is 0 Å². The number of nitrogens with one attached hydrogen (secondary N) is 1. The molecule has 0 spiro atoms. The van der Waals surface area contributed by atoms with Crippen molar-refractivity contribution in [2.75, 3.05) is 18.8 Å². The van der Waals surface area contributed by atoms with E-state index in [-0.39, 0.29) is 6.10 Å².